The SMILES string of the molecule is Cl.N=C(N)c1cccc(CN2CCN(S(=O)(=O)c3ccc4cc(Cl)ccc4c3)CC2=O)c1. The minimum absolute atomic E-state index is 0. The monoisotopic (exact) mass is 492 g/mol. The van der Waals surface area contributed by atoms with E-state index in [4.69, 9.17) is 22.7 Å². The van der Waals surface area contributed by atoms with Crippen molar-refractivity contribution in [3.8, 4) is 0 Å². The maximum absolute atomic E-state index is 13.1. The first-order valence-electron chi connectivity index (χ1n) is 9.64. The van der Waals surface area contributed by atoms with E-state index in [-0.39, 0.29) is 48.7 Å². The second kappa shape index (κ2) is 9.46. The molecule has 1 fully saturated rings. The number of rotatable bonds is 5. The van der Waals surface area contributed by atoms with Gasteiger partial charge in [-0.05, 0) is 46.7 Å². The lowest BCUT2D eigenvalue weighted by molar-refractivity contribution is -0.134. The second-order valence-corrected chi connectivity index (χ2v) is 9.80. The van der Waals surface area contributed by atoms with Crippen LogP contribution in [0.3, 0.4) is 0 Å². The van der Waals surface area contributed by atoms with Gasteiger partial charge in [-0.25, -0.2) is 8.42 Å². The van der Waals surface area contributed by atoms with Crippen molar-refractivity contribution in [2.45, 2.75) is 11.4 Å². The van der Waals surface area contributed by atoms with Gasteiger partial charge in [0.05, 0.1) is 11.4 Å². The molecule has 0 aromatic heterocycles. The van der Waals surface area contributed by atoms with Crippen molar-refractivity contribution in [3.63, 3.8) is 0 Å². The molecule has 0 bridgehead atoms. The number of nitrogens with zero attached hydrogens (tertiary/aromatic N) is 2. The minimum atomic E-state index is -3.80. The van der Waals surface area contributed by atoms with Crippen LogP contribution in [0.4, 0.5) is 0 Å². The molecule has 0 atom stereocenters. The largest absolute Gasteiger partial charge is 0.384 e. The fourth-order valence-corrected chi connectivity index (χ4v) is 5.22. The number of piperazine rings is 1. The van der Waals surface area contributed by atoms with Gasteiger partial charge >= 0.3 is 0 Å². The van der Waals surface area contributed by atoms with E-state index in [1.165, 1.54) is 10.4 Å². The third-order valence-corrected chi connectivity index (χ3v) is 7.38. The van der Waals surface area contributed by atoms with Crippen molar-refractivity contribution >= 4 is 56.5 Å². The zero-order valence-corrected chi connectivity index (χ0v) is 19.4. The third kappa shape index (κ3) is 4.88. The second-order valence-electron chi connectivity index (χ2n) is 7.42. The Morgan fingerprint density at radius 1 is 1.03 bits per heavy atom. The van der Waals surface area contributed by atoms with E-state index in [0.717, 1.165) is 16.3 Å². The van der Waals surface area contributed by atoms with E-state index in [1.54, 1.807) is 53.4 Å². The summed E-state index contributed by atoms with van der Waals surface area (Å²) in [7, 11) is -3.80. The van der Waals surface area contributed by atoms with Gasteiger partial charge in [-0.2, -0.15) is 4.31 Å². The number of amides is 1. The number of halogens is 2. The van der Waals surface area contributed by atoms with E-state index >= 15 is 0 Å². The number of nitrogens with one attached hydrogen (secondary N) is 1. The van der Waals surface area contributed by atoms with Gasteiger partial charge in [0.2, 0.25) is 15.9 Å². The summed E-state index contributed by atoms with van der Waals surface area (Å²) in [4.78, 5) is 14.5. The molecule has 1 aliphatic rings. The van der Waals surface area contributed by atoms with Gasteiger partial charge in [0.25, 0.3) is 0 Å². The van der Waals surface area contributed by atoms with Crippen LogP contribution in [0.15, 0.2) is 65.6 Å². The number of fused-ring (bicyclic) bond motifs is 1. The molecule has 4 rings (SSSR count). The number of carbonyl (C=O) groups excluding carboxylic acids is 1. The predicted molar refractivity (Wildman–Crippen MR) is 128 cm³/mol. The summed E-state index contributed by atoms with van der Waals surface area (Å²) in [5, 5.41) is 9.74. The molecule has 3 aromatic carbocycles. The molecule has 168 valence electrons. The highest BCUT2D eigenvalue weighted by Crippen LogP contribution is 2.25. The standard InChI is InChI=1S/C22H21ClN4O3S.ClH/c23-19-6-4-17-12-20(7-5-16(17)11-19)31(29,30)27-9-8-26(21(28)14-27)13-15-2-1-3-18(10-15)22(24)25;/h1-7,10-12H,8-9,13-14H2,(H3,24,25);1H. The molecule has 10 heteroatoms. The molecule has 0 unspecified atom stereocenters. The number of nitrogen functional groups attached to an aromatic ring is 1. The summed E-state index contributed by atoms with van der Waals surface area (Å²) >= 11 is 6.00. The maximum Gasteiger partial charge on any atom is 0.243 e. The Balaban J connectivity index is 0.00000289. The van der Waals surface area contributed by atoms with Gasteiger partial charge in [0, 0.05) is 30.2 Å². The van der Waals surface area contributed by atoms with Gasteiger partial charge in [0.15, 0.2) is 0 Å². The van der Waals surface area contributed by atoms with E-state index < -0.39 is 10.0 Å². The molecule has 1 aliphatic heterocycles. The van der Waals surface area contributed by atoms with Crippen LogP contribution in [0, 0.1) is 5.41 Å². The van der Waals surface area contributed by atoms with Crippen LogP contribution in [-0.2, 0) is 21.4 Å². The van der Waals surface area contributed by atoms with Crippen molar-refractivity contribution in [1.29, 1.82) is 5.41 Å². The van der Waals surface area contributed by atoms with Gasteiger partial charge in [-0.1, -0.05) is 41.9 Å². The van der Waals surface area contributed by atoms with Crippen LogP contribution in [0.25, 0.3) is 10.8 Å². The zero-order valence-electron chi connectivity index (χ0n) is 17.0. The Morgan fingerprint density at radius 3 is 2.47 bits per heavy atom. The average molecular weight is 493 g/mol. The average Bonchev–Trinajstić information content (AvgIpc) is 2.74. The summed E-state index contributed by atoms with van der Waals surface area (Å²) in [5.41, 5.74) is 6.95. The Labute approximate surface area is 197 Å². The van der Waals surface area contributed by atoms with Crippen molar-refractivity contribution in [3.05, 3.63) is 76.8 Å². The number of carbonyl (C=O) groups is 1. The minimum Gasteiger partial charge on any atom is -0.384 e. The van der Waals surface area contributed by atoms with Crippen LogP contribution in [0.5, 0.6) is 0 Å². The van der Waals surface area contributed by atoms with Crippen LogP contribution in [0.1, 0.15) is 11.1 Å². The number of benzene rings is 3. The fraction of sp³-hybridized carbons (Fsp3) is 0.182. The van der Waals surface area contributed by atoms with Crippen molar-refractivity contribution in [1.82, 2.24) is 9.21 Å². The van der Waals surface area contributed by atoms with Crippen LogP contribution in [-0.4, -0.2) is 49.0 Å². The summed E-state index contributed by atoms with van der Waals surface area (Å²) in [6.07, 6.45) is 0. The summed E-state index contributed by atoms with van der Waals surface area (Å²) in [6, 6.07) is 17.2. The molecule has 7 nitrogen and oxygen atoms in total. The highest BCUT2D eigenvalue weighted by atomic mass is 35.5. The van der Waals surface area contributed by atoms with E-state index in [0.29, 0.717) is 17.1 Å². The van der Waals surface area contributed by atoms with Gasteiger partial charge < -0.3 is 10.6 Å². The summed E-state index contributed by atoms with van der Waals surface area (Å²) in [6.45, 7) is 0.614. The molecule has 1 heterocycles. The van der Waals surface area contributed by atoms with E-state index in [1.807, 2.05) is 6.07 Å². The molecule has 0 radical (unpaired) electrons. The van der Waals surface area contributed by atoms with Crippen molar-refractivity contribution in [2.24, 2.45) is 5.73 Å². The lowest BCUT2D eigenvalue weighted by atomic mass is 10.1. The highest BCUT2D eigenvalue weighted by Gasteiger charge is 2.33. The number of hydrogen-bond acceptors (Lipinski definition) is 4. The van der Waals surface area contributed by atoms with Crippen molar-refractivity contribution < 1.29 is 13.2 Å². The number of sulfonamides is 1. The normalized spacial score (nSPS) is 14.9. The smallest absolute Gasteiger partial charge is 0.243 e. The molecule has 0 saturated carbocycles. The molecular weight excluding hydrogens is 471 g/mol. The van der Waals surface area contributed by atoms with Crippen LogP contribution >= 0.6 is 24.0 Å². The Morgan fingerprint density at radius 2 is 1.75 bits per heavy atom. The van der Waals surface area contributed by atoms with Gasteiger partial charge in [0.1, 0.15) is 5.84 Å². The molecule has 0 spiro atoms. The van der Waals surface area contributed by atoms with E-state index in [2.05, 4.69) is 0 Å². The summed E-state index contributed by atoms with van der Waals surface area (Å²) in [5.74, 6) is -0.308. The first kappa shape index (κ1) is 24.0. The Bertz CT molecular complexity index is 1300. The molecule has 1 amide bonds. The number of nitrogens with two attached hydrogens (primary N) is 1. The highest BCUT2D eigenvalue weighted by molar-refractivity contribution is 7.89. The van der Waals surface area contributed by atoms with Gasteiger partial charge in [-0.15, -0.1) is 12.4 Å². The first-order chi connectivity index (χ1) is 14.7. The molecule has 0 aliphatic carbocycles. The molecular formula is C22H22Cl2N4O3S. The molecule has 32 heavy (non-hydrogen) atoms. The lowest BCUT2D eigenvalue weighted by Crippen LogP contribution is -2.51. The maximum atomic E-state index is 13.1. The number of amidine groups is 1. The fourth-order valence-electron chi connectivity index (χ4n) is 3.62. The van der Waals surface area contributed by atoms with Gasteiger partial charge in [-0.3, -0.25) is 10.2 Å². The zero-order chi connectivity index (χ0) is 22.2. The Hall–Kier alpha value is -2.65. The third-order valence-electron chi connectivity index (χ3n) is 5.31. The van der Waals surface area contributed by atoms with Crippen molar-refractivity contribution in [2.75, 3.05) is 19.6 Å². The molecule has 3 aromatic rings. The Kier molecular flexibility index (Phi) is 7.09. The predicted octanol–water partition coefficient (Wildman–Crippen LogP) is 3.23. The first-order valence-corrected chi connectivity index (χ1v) is 11.5. The molecule has 1 saturated heterocycles. The quantitative estimate of drug-likeness (QED) is 0.420. The van der Waals surface area contributed by atoms with Crippen LogP contribution in [0.2, 0.25) is 5.02 Å². The molecule has 3 N–H and O–H groups in total. The lowest BCUT2D eigenvalue weighted by Gasteiger charge is -2.33. The summed E-state index contributed by atoms with van der Waals surface area (Å²) < 4.78 is 27.5. The topological polar surface area (TPSA) is 108 Å². The van der Waals surface area contributed by atoms with Crippen LogP contribution < -0.4 is 5.73 Å². The number of hydrogen-bond donors (Lipinski definition) is 2. The van der Waals surface area contributed by atoms with E-state index in [9.17, 15) is 13.2 Å².